The van der Waals surface area contributed by atoms with Gasteiger partial charge in [0.25, 0.3) is 0 Å². The van der Waals surface area contributed by atoms with E-state index in [1.165, 1.54) is 16.1 Å². The quantitative estimate of drug-likeness (QED) is 0.927. The smallest absolute Gasteiger partial charge is 0.236 e. The van der Waals surface area contributed by atoms with Crippen LogP contribution < -0.4 is 4.90 Å². The predicted molar refractivity (Wildman–Crippen MR) is 86.7 cm³/mol. The molecule has 1 N–H and O–H groups in total. The predicted octanol–water partition coefficient (Wildman–Crippen LogP) is 1.54. The van der Waals surface area contributed by atoms with Crippen LogP contribution in [0.2, 0.25) is 0 Å². The summed E-state index contributed by atoms with van der Waals surface area (Å²) >= 11 is 0. The molecule has 0 bridgehead atoms. The van der Waals surface area contributed by atoms with Crippen molar-refractivity contribution in [3.05, 3.63) is 18.5 Å². The number of hydrogen-bond donors (Lipinski definition) is 1. The van der Waals surface area contributed by atoms with Crippen molar-refractivity contribution in [2.24, 2.45) is 5.89 Å². The van der Waals surface area contributed by atoms with Crippen LogP contribution in [-0.4, -0.2) is 51.9 Å². The SMILES string of the molecule is [2H]c1[nH]c2ncnc(N(C)[C@H]3CN(C(=O)CC#N)CC[C@@]3([2H])C([2H])([2H])[2H])c2c1[2H]. The second-order valence-electron chi connectivity index (χ2n) is 5.37. The molecule has 3 rings (SSSR count). The Balaban J connectivity index is 2.08. The van der Waals surface area contributed by atoms with E-state index in [0.29, 0.717) is 0 Å². The van der Waals surface area contributed by atoms with Crippen molar-refractivity contribution in [2.75, 3.05) is 25.0 Å². The zero-order chi connectivity index (χ0) is 21.6. The highest BCUT2D eigenvalue weighted by Crippen LogP contribution is 2.28. The highest BCUT2D eigenvalue weighted by atomic mass is 16.2. The van der Waals surface area contributed by atoms with E-state index < -0.39 is 24.7 Å². The lowest BCUT2D eigenvalue weighted by Crippen LogP contribution is -2.52. The fraction of sp³-hybridized carbons (Fsp3) is 0.500. The number of nitrogens with one attached hydrogen (secondary N) is 1. The molecule has 2 atom stereocenters. The number of nitrogens with zero attached hydrogens (tertiary/aromatic N) is 5. The molecule has 0 aliphatic carbocycles. The summed E-state index contributed by atoms with van der Waals surface area (Å²) in [6.07, 6.45) is 0.641. The van der Waals surface area contributed by atoms with Crippen molar-refractivity contribution in [2.45, 2.75) is 25.7 Å². The third-order valence-electron chi connectivity index (χ3n) is 4.03. The standard InChI is InChI=1S/C16H20N6O/c1-11-5-8-22(14(23)3-6-17)9-13(11)21(2)16-12-4-7-18-15(12)19-10-20-16/h4,7,10-11,13H,3,5,8-9H2,1-2H3,(H,18,19,20)/t11-,13+/m1/s1/i1D3,4D,7D,11D. The van der Waals surface area contributed by atoms with Gasteiger partial charge in [0.1, 0.15) is 24.2 Å². The molecule has 0 spiro atoms. The van der Waals surface area contributed by atoms with Crippen LogP contribution in [0.25, 0.3) is 11.0 Å². The number of fused-ring (bicyclic) bond motifs is 1. The number of H-pyrrole nitrogens is 1. The van der Waals surface area contributed by atoms with E-state index >= 15 is 0 Å². The molecule has 3 heterocycles. The largest absolute Gasteiger partial charge is 0.354 e. The minimum Gasteiger partial charge on any atom is -0.354 e. The van der Waals surface area contributed by atoms with Gasteiger partial charge in [0.05, 0.1) is 20.2 Å². The van der Waals surface area contributed by atoms with Crippen LogP contribution in [0.4, 0.5) is 5.82 Å². The molecule has 23 heavy (non-hydrogen) atoms. The Kier molecular flexibility index (Phi) is 2.58. The van der Waals surface area contributed by atoms with Gasteiger partial charge in [-0.05, 0) is 18.4 Å². The van der Waals surface area contributed by atoms with E-state index in [9.17, 15) is 4.79 Å². The molecule has 1 aliphatic rings. The van der Waals surface area contributed by atoms with E-state index in [2.05, 4.69) is 15.0 Å². The fourth-order valence-electron chi connectivity index (χ4n) is 2.75. The topological polar surface area (TPSA) is 88.9 Å². The van der Waals surface area contributed by atoms with Crippen LogP contribution in [0, 0.1) is 17.2 Å². The summed E-state index contributed by atoms with van der Waals surface area (Å²) in [6, 6.07) is 0.675. The number of aromatic nitrogens is 3. The summed E-state index contributed by atoms with van der Waals surface area (Å²) < 4.78 is 48.5. The molecule has 1 fully saturated rings. The first-order valence-corrected chi connectivity index (χ1v) is 7.18. The van der Waals surface area contributed by atoms with Crippen LogP contribution in [0.15, 0.2) is 18.5 Å². The van der Waals surface area contributed by atoms with Crippen molar-refractivity contribution in [3.8, 4) is 6.07 Å². The van der Waals surface area contributed by atoms with Gasteiger partial charge in [0, 0.05) is 31.8 Å². The Morgan fingerprint density at radius 3 is 3.39 bits per heavy atom. The van der Waals surface area contributed by atoms with E-state index in [-0.39, 0.29) is 55.0 Å². The van der Waals surface area contributed by atoms with Gasteiger partial charge in [0.2, 0.25) is 5.91 Å². The van der Waals surface area contributed by atoms with Gasteiger partial charge in [-0.2, -0.15) is 5.26 Å². The Morgan fingerprint density at radius 2 is 2.61 bits per heavy atom. The minimum absolute atomic E-state index is 0.0661. The summed E-state index contributed by atoms with van der Waals surface area (Å²) in [5.41, 5.74) is 0.259. The highest BCUT2D eigenvalue weighted by molar-refractivity contribution is 5.87. The van der Waals surface area contributed by atoms with Crippen LogP contribution in [-0.2, 0) is 4.79 Å². The van der Waals surface area contributed by atoms with Crippen molar-refractivity contribution in [1.82, 2.24) is 19.9 Å². The monoisotopic (exact) mass is 318 g/mol. The average molecular weight is 318 g/mol. The molecule has 0 saturated carbocycles. The number of hydrogen-bond acceptors (Lipinski definition) is 5. The summed E-state index contributed by atoms with van der Waals surface area (Å²) in [5, 5.41) is 9.05. The molecule has 120 valence electrons. The van der Waals surface area contributed by atoms with Gasteiger partial charge in [-0.3, -0.25) is 4.79 Å². The van der Waals surface area contributed by atoms with Gasteiger partial charge in [-0.25, -0.2) is 9.97 Å². The summed E-state index contributed by atoms with van der Waals surface area (Å²) in [6.45, 7) is -2.64. The Bertz CT molecular complexity index is 985. The number of carbonyl (C=O) groups is 1. The van der Waals surface area contributed by atoms with E-state index in [1.54, 1.807) is 13.1 Å². The number of aromatic amines is 1. The molecule has 1 aliphatic heterocycles. The second-order valence-corrected chi connectivity index (χ2v) is 5.37. The maximum absolute atomic E-state index is 12.2. The van der Waals surface area contributed by atoms with E-state index in [4.69, 9.17) is 13.5 Å². The van der Waals surface area contributed by atoms with Gasteiger partial charge in [-0.15, -0.1) is 0 Å². The third-order valence-corrected chi connectivity index (χ3v) is 4.03. The van der Waals surface area contributed by atoms with Crippen LogP contribution in [0.3, 0.4) is 0 Å². The van der Waals surface area contributed by atoms with Gasteiger partial charge >= 0.3 is 0 Å². The molecular weight excluding hydrogens is 292 g/mol. The molecule has 0 aromatic carbocycles. The summed E-state index contributed by atoms with van der Waals surface area (Å²) in [5.74, 6) is -2.12. The molecule has 7 nitrogen and oxygen atoms in total. The molecule has 0 radical (unpaired) electrons. The number of likely N-dealkylation sites (N-methyl/N-ethyl adjacent to an activating group) is 1. The maximum atomic E-state index is 12.2. The average Bonchev–Trinajstić information content (AvgIpc) is 2.95. The number of nitriles is 1. The first kappa shape index (κ1) is 9.50. The number of amides is 1. The third kappa shape index (κ3) is 2.84. The van der Waals surface area contributed by atoms with E-state index in [0.717, 1.165) is 0 Å². The number of anilines is 1. The van der Waals surface area contributed by atoms with Crippen molar-refractivity contribution >= 4 is 22.8 Å². The molecule has 1 amide bonds. The summed E-state index contributed by atoms with van der Waals surface area (Å²) in [4.78, 5) is 25.9. The number of rotatable bonds is 3. The van der Waals surface area contributed by atoms with Crippen LogP contribution in [0.5, 0.6) is 0 Å². The fourth-order valence-corrected chi connectivity index (χ4v) is 2.75. The minimum atomic E-state index is -2.63. The van der Waals surface area contributed by atoms with Crippen molar-refractivity contribution in [1.29, 1.82) is 5.26 Å². The van der Waals surface area contributed by atoms with Crippen LogP contribution >= 0.6 is 0 Å². The lowest BCUT2D eigenvalue weighted by molar-refractivity contribution is -0.131. The van der Waals surface area contributed by atoms with Crippen molar-refractivity contribution in [3.63, 3.8) is 0 Å². The Labute approximate surface area is 143 Å². The molecule has 1 saturated heterocycles. The van der Waals surface area contributed by atoms with E-state index in [1.807, 2.05) is 0 Å². The lowest BCUT2D eigenvalue weighted by atomic mass is 9.92. The molecule has 2 aromatic heterocycles. The first-order valence-electron chi connectivity index (χ1n) is 10.2. The van der Waals surface area contributed by atoms with Crippen LogP contribution in [0.1, 0.15) is 27.9 Å². The van der Waals surface area contributed by atoms with Gasteiger partial charge in [0.15, 0.2) is 0 Å². The number of piperidine rings is 1. The Hall–Kier alpha value is -2.62. The van der Waals surface area contributed by atoms with Gasteiger partial charge in [-0.1, -0.05) is 6.85 Å². The zero-order valence-corrected chi connectivity index (χ0v) is 12.6. The summed E-state index contributed by atoms with van der Waals surface area (Å²) in [7, 11) is 1.55. The highest BCUT2D eigenvalue weighted by Gasteiger charge is 2.32. The lowest BCUT2D eigenvalue weighted by Gasteiger charge is -2.42. The first-order chi connectivity index (χ1) is 13.5. The van der Waals surface area contributed by atoms with Gasteiger partial charge < -0.3 is 14.8 Å². The number of likely N-dealkylation sites (tertiary alicyclic amines) is 1. The number of carbonyl (C=O) groups excluding carboxylic acids is 1. The molecular formula is C16H20N6O. The molecule has 7 heteroatoms. The maximum Gasteiger partial charge on any atom is 0.236 e. The molecule has 0 unspecified atom stereocenters. The molecule has 2 aromatic rings. The normalized spacial score (nSPS) is 28.7. The zero-order valence-electron chi connectivity index (χ0n) is 18.6. The second kappa shape index (κ2) is 6.24. The Morgan fingerprint density at radius 1 is 1.74 bits per heavy atom. The van der Waals surface area contributed by atoms with Crippen molar-refractivity contribution < 1.29 is 13.0 Å².